The van der Waals surface area contributed by atoms with Crippen LogP contribution < -0.4 is 10.1 Å². The second kappa shape index (κ2) is 7.68. The molecule has 10 heteroatoms. The van der Waals surface area contributed by atoms with Crippen LogP contribution in [0, 0.1) is 35.4 Å². The van der Waals surface area contributed by atoms with Crippen LogP contribution in [0.3, 0.4) is 0 Å². The first kappa shape index (κ1) is 21.4. The maximum Gasteiger partial charge on any atom is 0.432 e. The van der Waals surface area contributed by atoms with Gasteiger partial charge in [-0.3, -0.25) is 14.9 Å². The number of fused-ring (bicyclic) bond motifs is 2. The zero-order valence-corrected chi connectivity index (χ0v) is 18.0. The number of hydrogen-bond donors (Lipinski definition) is 2. The zero-order valence-electron chi connectivity index (χ0n) is 18.0. The molecule has 0 aliphatic heterocycles. The number of aromatic nitrogens is 3. The van der Waals surface area contributed by atoms with Crippen molar-refractivity contribution < 1.29 is 27.1 Å². The Morgan fingerprint density at radius 2 is 1.91 bits per heavy atom. The van der Waals surface area contributed by atoms with Gasteiger partial charge in [0.05, 0.1) is 11.6 Å². The summed E-state index contributed by atoms with van der Waals surface area (Å²) in [5.74, 6) is 0.829. The third-order valence-electron chi connectivity index (χ3n) is 7.41. The number of alkyl halides is 3. The summed E-state index contributed by atoms with van der Waals surface area (Å²) in [7, 11) is 0. The first-order chi connectivity index (χ1) is 16.3. The van der Waals surface area contributed by atoms with Crippen LogP contribution in [0.15, 0.2) is 36.5 Å². The lowest BCUT2D eigenvalue weighted by atomic mass is 9.91. The highest BCUT2D eigenvalue weighted by Gasteiger charge is 2.63. The fourth-order valence-electron chi connectivity index (χ4n) is 5.75. The van der Waals surface area contributed by atoms with E-state index in [4.69, 9.17) is 4.74 Å². The van der Waals surface area contributed by atoms with Gasteiger partial charge in [-0.15, -0.1) is 0 Å². The molecular weight excluding hydrogens is 452 g/mol. The molecule has 3 aromatic rings. The molecule has 0 saturated heterocycles. The van der Waals surface area contributed by atoms with E-state index in [1.807, 2.05) is 5.10 Å². The van der Waals surface area contributed by atoms with E-state index < -0.39 is 11.9 Å². The molecule has 1 unspecified atom stereocenters. The topological polar surface area (TPSA) is 79.9 Å². The Hall–Kier alpha value is -3.17. The molecule has 5 atom stereocenters. The number of carbonyl (C=O) groups excluding carboxylic acids is 1. The highest BCUT2D eigenvalue weighted by Crippen LogP contribution is 2.64. The molecule has 34 heavy (non-hydrogen) atoms. The lowest BCUT2D eigenvalue weighted by Crippen LogP contribution is -2.29. The van der Waals surface area contributed by atoms with E-state index in [1.165, 1.54) is 12.1 Å². The molecule has 3 aliphatic rings. The molecule has 3 saturated carbocycles. The molecule has 3 aliphatic carbocycles. The van der Waals surface area contributed by atoms with Crippen molar-refractivity contribution in [2.45, 2.75) is 38.0 Å². The first-order valence-corrected chi connectivity index (χ1v) is 11.4. The summed E-state index contributed by atoms with van der Waals surface area (Å²) in [6.45, 7) is 0. The molecule has 2 heterocycles. The Morgan fingerprint density at radius 1 is 1.15 bits per heavy atom. The normalized spacial score (nSPS) is 26.8. The number of anilines is 1. The number of hydrogen-bond acceptors (Lipinski definition) is 4. The molecule has 2 N–H and O–H groups in total. The fraction of sp³-hybridized carbons (Fsp3) is 0.458. The van der Waals surface area contributed by atoms with Gasteiger partial charge in [-0.05, 0) is 73.6 Å². The third kappa shape index (κ3) is 3.88. The maximum atomic E-state index is 13.7. The van der Waals surface area contributed by atoms with Gasteiger partial charge in [-0.1, -0.05) is 0 Å². The summed E-state index contributed by atoms with van der Waals surface area (Å²) >= 11 is 0. The minimum atomic E-state index is -4.54. The van der Waals surface area contributed by atoms with E-state index in [0.29, 0.717) is 28.5 Å². The zero-order chi connectivity index (χ0) is 23.6. The van der Waals surface area contributed by atoms with Gasteiger partial charge < -0.3 is 10.1 Å². The van der Waals surface area contributed by atoms with Gasteiger partial charge in [0, 0.05) is 23.6 Å². The van der Waals surface area contributed by atoms with Crippen molar-refractivity contribution in [3.05, 3.63) is 48.0 Å². The Morgan fingerprint density at radius 3 is 2.59 bits per heavy atom. The van der Waals surface area contributed by atoms with Crippen molar-refractivity contribution in [2.24, 2.45) is 29.6 Å². The van der Waals surface area contributed by atoms with Gasteiger partial charge in [0.2, 0.25) is 5.91 Å². The van der Waals surface area contributed by atoms with Crippen LogP contribution in [0.25, 0.3) is 10.9 Å². The number of aromatic amines is 1. The molecule has 1 amide bonds. The first-order valence-electron chi connectivity index (χ1n) is 11.4. The molecule has 0 radical (unpaired) electrons. The van der Waals surface area contributed by atoms with E-state index in [0.717, 1.165) is 31.7 Å². The van der Waals surface area contributed by atoms with Gasteiger partial charge in [0.15, 0.2) is 5.82 Å². The minimum Gasteiger partial charge on any atom is -0.490 e. The SMILES string of the molecule is O=C(Nc1cc(C(F)(F)F)[nH]n1)C(C1CC1)[C@H]1[C@@H]2C[C@H](Oc3ccnc4ccc(F)cc34)C[C@@H]21. The standard InChI is InChI=1S/C24H22F4N4O2/c25-12-3-4-17-16(7-12)18(5-6-29-17)34-13-8-14-15(9-13)22(14)21(11-1-2-11)23(33)30-20-10-19(31-32-20)24(26,27)28/h3-7,10-11,13-15,21-22H,1-2,8-9H2,(H2,30,31,32,33)/t13-,14+,15-,21?,22-. The molecule has 2 aromatic heterocycles. The van der Waals surface area contributed by atoms with E-state index in [-0.39, 0.29) is 41.4 Å². The summed E-state index contributed by atoms with van der Waals surface area (Å²) in [6, 6.07) is 6.97. The summed E-state index contributed by atoms with van der Waals surface area (Å²) in [6.07, 6.45) is 0.579. The molecule has 1 aromatic carbocycles. The number of nitrogens with zero attached hydrogens (tertiary/aromatic N) is 2. The van der Waals surface area contributed by atoms with Gasteiger partial charge in [0.1, 0.15) is 17.3 Å². The number of benzene rings is 1. The Bertz CT molecular complexity index is 1240. The van der Waals surface area contributed by atoms with Gasteiger partial charge in [0.25, 0.3) is 0 Å². The number of nitrogens with one attached hydrogen (secondary N) is 2. The predicted octanol–water partition coefficient (Wildman–Crippen LogP) is 5.18. The highest BCUT2D eigenvalue weighted by molar-refractivity contribution is 5.92. The monoisotopic (exact) mass is 474 g/mol. The van der Waals surface area contributed by atoms with Crippen molar-refractivity contribution >= 4 is 22.6 Å². The fourth-order valence-corrected chi connectivity index (χ4v) is 5.75. The number of carbonyl (C=O) groups is 1. The average molecular weight is 474 g/mol. The summed E-state index contributed by atoms with van der Waals surface area (Å²) in [5.41, 5.74) is -0.324. The van der Waals surface area contributed by atoms with E-state index >= 15 is 0 Å². The number of H-pyrrole nitrogens is 1. The molecule has 6 nitrogen and oxygen atoms in total. The quantitative estimate of drug-likeness (QED) is 0.483. The molecule has 0 spiro atoms. The van der Waals surface area contributed by atoms with E-state index in [9.17, 15) is 22.4 Å². The van der Waals surface area contributed by atoms with Crippen molar-refractivity contribution in [1.29, 1.82) is 0 Å². The van der Waals surface area contributed by atoms with E-state index in [1.54, 1.807) is 18.3 Å². The number of amides is 1. The largest absolute Gasteiger partial charge is 0.490 e. The Labute approximate surface area is 192 Å². The van der Waals surface area contributed by atoms with Crippen molar-refractivity contribution in [3.63, 3.8) is 0 Å². The summed E-state index contributed by atoms with van der Waals surface area (Å²) < 4.78 is 58.4. The van der Waals surface area contributed by atoms with Crippen LogP contribution in [0.2, 0.25) is 0 Å². The minimum absolute atomic E-state index is 0.0243. The van der Waals surface area contributed by atoms with Crippen LogP contribution in [0.1, 0.15) is 31.4 Å². The van der Waals surface area contributed by atoms with Gasteiger partial charge >= 0.3 is 6.18 Å². The predicted molar refractivity (Wildman–Crippen MR) is 114 cm³/mol. The molecule has 6 rings (SSSR count). The van der Waals surface area contributed by atoms with Gasteiger partial charge in [-0.2, -0.15) is 18.3 Å². The van der Waals surface area contributed by atoms with Crippen LogP contribution in [0.5, 0.6) is 5.75 Å². The molecule has 178 valence electrons. The number of halogens is 4. The highest BCUT2D eigenvalue weighted by atomic mass is 19.4. The summed E-state index contributed by atoms with van der Waals surface area (Å²) in [4.78, 5) is 17.2. The lowest BCUT2D eigenvalue weighted by molar-refractivity contribution is -0.141. The number of rotatable bonds is 6. The maximum absolute atomic E-state index is 13.7. The van der Waals surface area contributed by atoms with Crippen LogP contribution >= 0.6 is 0 Å². The van der Waals surface area contributed by atoms with Crippen LogP contribution in [-0.2, 0) is 11.0 Å². The van der Waals surface area contributed by atoms with Gasteiger partial charge in [-0.25, -0.2) is 4.39 Å². The smallest absolute Gasteiger partial charge is 0.432 e. The summed E-state index contributed by atoms with van der Waals surface area (Å²) in [5, 5.41) is 8.75. The Kier molecular flexibility index (Phi) is 4.82. The Balaban J connectivity index is 1.11. The van der Waals surface area contributed by atoms with E-state index in [2.05, 4.69) is 15.4 Å². The lowest BCUT2D eigenvalue weighted by Gasteiger charge is -2.21. The molecule has 0 bridgehead atoms. The second-order valence-corrected chi connectivity index (χ2v) is 9.60. The number of ether oxygens (including phenoxy) is 1. The second-order valence-electron chi connectivity index (χ2n) is 9.60. The molecular formula is C24H22F4N4O2. The third-order valence-corrected chi connectivity index (χ3v) is 7.41. The van der Waals surface area contributed by atoms with Crippen LogP contribution in [0.4, 0.5) is 23.4 Å². The molecule has 3 fully saturated rings. The average Bonchev–Trinajstić information content (AvgIpc) is 3.61. The van der Waals surface area contributed by atoms with Crippen LogP contribution in [-0.4, -0.2) is 27.2 Å². The van der Waals surface area contributed by atoms with Crippen molar-refractivity contribution in [1.82, 2.24) is 15.2 Å². The number of pyridine rings is 1. The van der Waals surface area contributed by atoms with Crippen molar-refractivity contribution in [3.8, 4) is 5.75 Å². The van der Waals surface area contributed by atoms with Crippen molar-refractivity contribution in [2.75, 3.05) is 5.32 Å².